The summed E-state index contributed by atoms with van der Waals surface area (Å²) in [4.78, 5) is 5.48. The van der Waals surface area contributed by atoms with Crippen molar-refractivity contribution >= 4 is 5.69 Å². The van der Waals surface area contributed by atoms with Crippen LogP contribution in [0, 0.1) is 30.6 Å². The predicted octanol–water partition coefficient (Wildman–Crippen LogP) is 3.94. The number of aryl methyl sites for hydroxylation is 1. The van der Waals surface area contributed by atoms with Gasteiger partial charge in [-0.15, -0.1) is 0 Å². The van der Waals surface area contributed by atoms with Crippen LogP contribution in [0.3, 0.4) is 0 Å². The van der Waals surface area contributed by atoms with Crippen LogP contribution < -0.4 is 4.90 Å². The molecule has 2 heteroatoms. The van der Waals surface area contributed by atoms with Crippen LogP contribution >= 0.6 is 0 Å². The Morgan fingerprint density at radius 3 is 1.87 bits per heavy atom. The first-order valence-corrected chi connectivity index (χ1v) is 9.82. The molecule has 23 heavy (non-hydrogen) atoms. The molecule has 5 aliphatic rings. The van der Waals surface area contributed by atoms with Crippen LogP contribution in [-0.4, -0.2) is 37.1 Å². The zero-order valence-electron chi connectivity index (χ0n) is 14.5. The highest BCUT2D eigenvalue weighted by Gasteiger charge is 2.50. The Bertz CT molecular complexity index is 528. The fraction of sp³-hybridized carbons (Fsp3) is 0.714. The lowest BCUT2D eigenvalue weighted by molar-refractivity contribution is -0.0665. The van der Waals surface area contributed by atoms with Gasteiger partial charge < -0.3 is 4.90 Å². The third-order valence-corrected chi connectivity index (χ3v) is 7.31. The van der Waals surface area contributed by atoms with Crippen LogP contribution in [0.15, 0.2) is 24.3 Å². The van der Waals surface area contributed by atoms with Crippen molar-refractivity contribution in [2.24, 2.45) is 23.7 Å². The van der Waals surface area contributed by atoms with E-state index < -0.39 is 0 Å². The second-order valence-electron chi connectivity index (χ2n) is 8.78. The second kappa shape index (κ2) is 5.51. The number of nitrogens with zero attached hydrogens (tertiary/aromatic N) is 2. The smallest absolute Gasteiger partial charge is 0.0367 e. The predicted molar refractivity (Wildman–Crippen MR) is 95.8 cm³/mol. The van der Waals surface area contributed by atoms with Gasteiger partial charge in [0.25, 0.3) is 0 Å². The van der Waals surface area contributed by atoms with Gasteiger partial charge >= 0.3 is 0 Å². The fourth-order valence-electron chi connectivity index (χ4n) is 6.53. The summed E-state index contributed by atoms with van der Waals surface area (Å²) in [6, 6.07) is 10.0. The summed E-state index contributed by atoms with van der Waals surface area (Å²) in [6.45, 7) is 7.16. The van der Waals surface area contributed by atoms with Gasteiger partial charge in [-0.05, 0) is 74.8 Å². The molecule has 1 heterocycles. The minimum Gasteiger partial charge on any atom is -0.369 e. The van der Waals surface area contributed by atoms with Crippen LogP contribution in [-0.2, 0) is 0 Å². The molecule has 1 saturated heterocycles. The van der Waals surface area contributed by atoms with Crippen molar-refractivity contribution in [1.29, 1.82) is 0 Å². The van der Waals surface area contributed by atoms with Gasteiger partial charge in [0.2, 0.25) is 0 Å². The number of anilines is 1. The monoisotopic (exact) mass is 310 g/mol. The molecule has 0 spiro atoms. The molecule has 1 aliphatic heterocycles. The molecule has 0 atom stereocenters. The van der Waals surface area contributed by atoms with E-state index in [1.807, 2.05) is 0 Å². The Kier molecular flexibility index (Phi) is 3.44. The molecule has 4 saturated carbocycles. The Balaban J connectivity index is 1.26. The Morgan fingerprint density at radius 2 is 1.30 bits per heavy atom. The minimum absolute atomic E-state index is 0.933. The number of piperazine rings is 1. The summed E-state index contributed by atoms with van der Waals surface area (Å²) in [6.07, 6.45) is 7.78. The highest BCUT2D eigenvalue weighted by atomic mass is 15.3. The van der Waals surface area contributed by atoms with Crippen LogP contribution in [0.2, 0.25) is 0 Å². The van der Waals surface area contributed by atoms with Crippen LogP contribution in [0.5, 0.6) is 0 Å². The van der Waals surface area contributed by atoms with Gasteiger partial charge in [-0.1, -0.05) is 17.7 Å². The molecule has 4 aliphatic carbocycles. The van der Waals surface area contributed by atoms with E-state index in [1.54, 1.807) is 32.1 Å². The summed E-state index contributed by atoms with van der Waals surface area (Å²) < 4.78 is 0. The van der Waals surface area contributed by atoms with Crippen molar-refractivity contribution in [3.63, 3.8) is 0 Å². The number of benzene rings is 1. The largest absolute Gasteiger partial charge is 0.369 e. The van der Waals surface area contributed by atoms with E-state index >= 15 is 0 Å². The first-order chi connectivity index (χ1) is 11.3. The molecule has 5 fully saturated rings. The number of hydrogen-bond acceptors (Lipinski definition) is 2. The van der Waals surface area contributed by atoms with Crippen molar-refractivity contribution in [2.45, 2.75) is 45.1 Å². The van der Waals surface area contributed by atoms with Crippen molar-refractivity contribution in [1.82, 2.24) is 4.90 Å². The van der Waals surface area contributed by atoms with Gasteiger partial charge in [0.15, 0.2) is 0 Å². The fourth-order valence-corrected chi connectivity index (χ4v) is 6.53. The quantitative estimate of drug-likeness (QED) is 0.816. The molecule has 1 aromatic rings. The molecular formula is C21H30N2. The van der Waals surface area contributed by atoms with E-state index in [9.17, 15) is 0 Å². The second-order valence-corrected chi connectivity index (χ2v) is 8.78. The molecular weight excluding hydrogens is 280 g/mol. The van der Waals surface area contributed by atoms with Gasteiger partial charge in [-0.2, -0.15) is 0 Å². The summed E-state index contributed by atoms with van der Waals surface area (Å²) in [5.74, 6) is 4.28. The molecule has 0 radical (unpaired) electrons. The van der Waals surface area contributed by atoms with Gasteiger partial charge in [-0.25, -0.2) is 0 Å². The van der Waals surface area contributed by atoms with E-state index in [4.69, 9.17) is 0 Å². The first-order valence-electron chi connectivity index (χ1n) is 9.82. The van der Waals surface area contributed by atoms with Crippen LogP contribution in [0.1, 0.15) is 37.7 Å². The molecule has 0 N–H and O–H groups in total. The Morgan fingerprint density at radius 1 is 0.739 bits per heavy atom. The van der Waals surface area contributed by atoms with Crippen molar-refractivity contribution < 1.29 is 0 Å². The average Bonchev–Trinajstić information content (AvgIpc) is 2.55. The first kappa shape index (κ1) is 14.3. The topological polar surface area (TPSA) is 6.48 Å². The normalized spacial score (nSPS) is 39.9. The maximum absolute atomic E-state index is 2.89. The standard InChI is InChI=1S/C21H30N2/c1-15-2-4-20(5-3-15)22-6-8-23(9-7-22)21-18-11-16-10-17(13-18)14-19(21)12-16/h2-5,16-19,21H,6-14H2,1H3. The van der Waals surface area contributed by atoms with E-state index in [0.717, 1.165) is 29.7 Å². The molecule has 1 aromatic carbocycles. The molecule has 2 nitrogen and oxygen atoms in total. The van der Waals surface area contributed by atoms with Crippen LogP contribution in [0.25, 0.3) is 0 Å². The van der Waals surface area contributed by atoms with Crippen LogP contribution in [0.4, 0.5) is 5.69 Å². The van der Waals surface area contributed by atoms with Crippen molar-refractivity contribution in [3.05, 3.63) is 29.8 Å². The maximum Gasteiger partial charge on any atom is 0.0367 e. The van der Waals surface area contributed by atoms with E-state index in [0.29, 0.717) is 0 Å². The lowest BCUT2D eigenvalue weighted by atomic mass is 9.54. The maximum atomic E-state index is 2.89. The zero-order valence-corrected chi connectivity index (χ0v) is 14.5. The SMILES string of the molecule is Cc1ccc(N2CCN(C3C4CC5CC(C4)CC3C5)CC2)cc1. The Hall–Kier alpha value is -1.02. The Labute approximate surface area is 140 Å². The van der Waals surface area contributed by atoms with Crippen molar-refractivity contribution in [2.75, 3.05) is 31.1 Å². The zero-order chi connectivity index (χ0) is 15.4. The van der Waals surface area contributed by atoms with Gasteiger partial charge in [0.05, 0.1) is 0 Å². The summed E-state index contributed by atoms with van der Waals surface area (Å²) in [5.41, 5.74) is 2.78. The number of rotatable bonds is 2. The van der Waals surface area contributed by atoms with E-state index in [2.05, 4.69) is 41.0 Å². The third kappa shape index (κ3) is 2.50. The molecule has 0 aromatic heterocycles. The lowest BCUT2D eigenvalue weighted by Gasteiger charge is -2.58. The van der Waals surface area contributed by atoms with E-state index in [1.165, 1.54) is 37.4 Å². The molecule has 0 unspecified atom stereocenters. The van der Waals surface area contributed by atoms with Crippen molar-refractivity contribution in [3.8, 4) is 0 Å². The molecule has 6 rings (SSSR count). The molecule has 0 amide bonds. The summed E-state index contributed by atoms with van der Waals surface area (Å²) in [7, 11) is 0. The highest BCUT2D eigenvalue weighted by Crippen LogP contribution is 2.55. The molecule has 4 bridgehead atoms. The highest BCUT2D eigenvalue weighted by molar-refractivity contribution is 5.47. The average molecular weight is 310 g/mol. The minimum atomic E-state index is 0.933. The van der Waals surface area contributed by atoms with Gasteiger partial charge in [-0.3, -0.25) is 4.90 Å². The summed E-state index contributed by atoms with van der Waals surface area (Å²) in [5, 5.41) is 0. The number of hydrogen-bond donors (Lipinski definition) is 0. The molecule has 124 valence electrons. The van der Waals surface area contributed by atoms with Gasteiger partial charge in [0.1, 0.15) is 0 Å². The van der Waals surface area contributed by atoms with E-state index in [-0.39, 0.29) is 0 Å². The van der Waals surface area contributed by atoms with Gasteiger partial charge in [0, 0.05) is 37.9 Å². The lowest BCUT2D eigenvalue weighted by Crippen LogP contribution is -2.60. The third-order valence-electron chi connectivity index (χ3n) is 7.31. The summed E-state index contributed by atoms with van der Waals surface area (Å²) >= 11 is 0.